The molecule has 136 valence electrons. The van der Waals surface area contributed by atoms with Crippen molar-refractivity contribution >= 4 is 28.4 Å². The topological polar surface area (TPSA) is 70.9 Å². The molecule has 4 rings (SSSR count). The Morgan fingerprint density at radius 2 is 2.07 bits per heavy atom. The molecule has 1 aromatic carbocycles. The lowest BCUT2D eigenvalue weighted by molar-refractivity contribution is -0.121. The Bertz CT molecular complexity index is 1040. The summed E-state index contributed by atoms with van der Waals surface area (Å²) in [6.07, 6.45) is 5.58. The van der Waals surface area contributed by atoms with E-state index in [0.29, 0.717) is 18.1 Å². The predicted molar refractivity (Wildman–Crippen MR) is 105 cm³/mol. The Morgan fingerprint density at radius 3 is 2.85 bits per heavy atom. The summed E-state index contributed by atoms with van der Waals surface area (Å²) in [6.45, 7) is 0.366. The van der Waals surface area contributed by atoms with E-state index in [9.17, 15) is 4.79 Å². The highest BCUT2D eigenvalue weighted by Crippen LogP contribution is 2.33. The summed E-state index contributed by atoms with van der Waals surface area (Å²) in [5, 5.41) is 4.44. The number of hydrogen-bond acceptors (Lipinski definition) is 3. The van der Waals surface area contributed by atoms with Gasteiger partial charge in [0.25, 0.3) is 0 Å². The quantitative estimate of drug-likeness (QED) is 0.479. The number of pyridine rings is 1. The summed E-state index contributed by atoms with van der Waals surface area (Å²) >= 11 is 5.94. The van der Waals surface area contributed by atoms with Crippen LogP contribution in [0.5, 0.6) is 0 Å². The van der Waals surface area contributed by atoms with Gasteiger partial charge in [-0.25, -0.2) is 4.98 Å². The van der Waals surface area contributed by atoms with E-state index in [0.717, 1.165) is 27.8 Å². The van der Waals surface area contributed by atoms with Gasteiger partial charge in [-0.15, -0.1) is 0 Å². The summed E-state index contributed by atoms with van der Waals surface area (Å²) < 4.78 is 5.27. The SMILES string of the molecule is O=C(CC(c1ccc(Cl)nc1)c1c[nH]c2ccccc12)NCc1ccco1. The van der Waals surface area contributed by atoms with E-state index in [1.54, 1.807) is 24.6 Å². The van der Waals surface area contributed by atoms with E-state index in [1.165, 1.54) is 0 Å². The third-order valence-electron chi connectivity index (χ3n) is 4.58. The van der Waals surface area contributed by atoms with Crippen LogP contribution in [-0.2, 0) is 11.3 Å². The summed E-state index contributed by atoms with van der Waals surface area (Å²) in [4.78, 5) is 20.1. The molecule has 0 bridgehead atoms. The van der Waals surface area contributed by atoms with Crippen LogP contribution < -0.4 is 5.32 Å². The molecule has 0 saturated carbocycles. The highest BCUT2D eigenvalue weighted by molar-refractivity contribution is 6.29. The maximum absolute atomic E-state index is 12.6. The molecular weight excluding hydrogens is 362 g/mol. The maximum Gasteiger partial charge on any atom is 0.221 e. The van der Waals surface area contributed by atoms with Gasteiger partial charge in [-0.1, -0.05) is 35.9 Å². The number of furan rings is 1. The Labute approximate surface area is 161 Å². The van der Waals surface area contributed by atoms with Crippen LogP contribution in [0.4, 0.5) is 0 Å². The lowest BCUT2D eigenvalue weighted by atomic mass is 9.89. The molecule has 0 spiro atoms. The summed E-state index contributed by atoms with van der Waals surface area (Å²) in [7, 11) is 0. The van der Waals surface area contributed by atoms with Crippen LogP contribution in [0, 0.1) is 0 Å². The van der Waals surface area contributed by atoms with Crippen molar-refractivity contribution in [2.24, 2.45) is 0 Å². The highest BCUT2D eigenvalue weighted by Gasteiger charge is 2.22. The van der Waals surface area contributed by atoms with E-state index in [4.69, 9.17) is 16.0 Å². The Kier molecular flexibility index (Phi) is 4.94. The molecule has 0 aliphatic heterocycles. The first-order chi connectivity index (χ1) is 13.2. The minimum atomic E-state index is -0.137. The van der Waals surface area contributed by atoms with Crippen molar-refractivity contribution in [3.63, 3.8) is 0 Å². The van der Waals surface area contributed by atoms with Crippen LogP contribution in [0.15, 0.2) is 71.6 Å². The molecule has 1 unspecified atom stereocenters. The van der Waals surface area contributed by atoms with Crippen molar-refractivity contribution in [1.29, 1.82) is 0 Å². The van der Waals surface area contributed by atoms with Gasteiger partial charge in [-0.05, 0) is 35.4 Å². The Morgan fingerprint density at radius 1 is 1.19 bits per heavy atom. The highest BCUT2D eigenvalue weighted by atomic mass is 35.5. The van der Waals surface area contributed by atoms with Gasteiger partial charge in [0.2, 0.25) is 5.91 Å². The molecule has 6 heteroatoms. The van der Waals surface area contributed by atoms with Crippen LogP contribution in [0.1, 0.15) is 29.2 Å². The first-order valence-corrected chi connectivity index (χ1v) is 9.05. The molecule has 0 aliphatic rings. The standard InChI is InChI=1S/C21H18ClN3O2/c22-20-8-7-14(11-24-20)17(10-21(26)25-12-15-4-3-9-27-15)18-13-23-19-6-2-1-5-16(18)19/h1-9,11,13,17,23H,10,12H2,(H,25,26). The van der Waals surface area contributed by atoms with Crippen molar-refractivity contribution in [2.75, 3.05) is 0 Å². The molecule has 1 amide bonds. The van der Waals surface area contributed by atoms with Crippen molar-refractivity contribution in [3.05, 3.63) is 89.2 Å². The van der Waals surface area contributed by atoms with Gasteiger partial charge >= 0.3 is 0 Å². The number of hydrogen-bond donors (Lipinski definition) is 2. The van der Waals surface area contributed by atoms with Gasteiger partial charge in [0.15, 0.2) is 0 Å². The lowest BCUT2D eigenvalue weighted by Crippen LogP contribution is -2.24. The fraction of sp³-hybridized carbons (Fsp3) is 0.143. The number of halogens is 1. The van der Waals surface area contributed by atoms with E-state index in [-0.39, 0.29) is 11.8 Å². The van der Waals surface area contributed by atoms with E-state index in [2.05, 4.69) is 21.4 Å². The fourth-order valence-corrected chi connectivity index (χ4v) is 3.35. The number of aromatic nitrogens is 2. The molecule has 5 nitrogen and oxygen atoms in total. The maximum atomic E-state index is 12.6. The molecule has 3 heterocycles. The molecule has 27 heavy (non-hydrogen) atoms. The average Bonchev–Trinajstić information content (AvgIpc) is 3.35. The molecule has 0 saturated heterocycles. The Hall–Kier alpha value is -3.05. The summed E-state index contributed by atoms with van der Waals surface area (Å²) in [5.41, 5.74) is 3.04. The van der Waals surface area contributed by atoms with Gasteiger partial charge in [-0.3, -0.25) is 4.79 Å². The first kappa shape index (κ1) is 17.4. The largest absolute Gasteiger partial charge is 0.467 e. The number of benzene rings is 1. The molecule has 2 N–H and O–H groups in total. The van der Waals surface area contributed by atoms with Crippen LogP contribution in [0.3, 0.4) is 0 Å². The molecule has 1 atom stereocenters. The van der Waals surface area contributed by atoms with Gasteiger partial charge in [-0.2, -0.15) is 0 Å². The molecule has 4 aromatic rings. The van der Waals surface area contributed by atoms with E-state index in [1.807, 2.05) is 36.5 Å². The minimum absolute atomic E-state index is 0.0587. The second-order valence-corrected chi connectivity index (χ2v) is 6.70. The number of amides is 1. The minimum Gasteiger partial charge on any atom is -0.467 e. The smallest absolute Gasteiger partial charge is 0.221 e. The number of fused-ring (bicyclic) bond motifs is 1. The van der Waals surface area contributed by atoms with E-state index >= 15 is 0 Å². The number of carbonyl (C=O) groups is 1. The number of nitrogens with one attached hydrogen (secondary N) is 2. The van der Waals surface area contributed by atoms with Gasteiger partial charge in [0.1, 0.15) is 10.9 Å². The average molecular weight is 380 g/mol. The van der Waals surface area contributed by atoms with Crippen molar-refractivity contribution in [2.45, 2.75) is 18.9 Å². The number of aromatic amines is 1. The number of para-hydroxylation sites is 1. The lowest BCUT2D eigenvalue weighted by Gasteiger charge is -2.17. The normalized spacial score (nSPS) is 12.2. The van der Waals surface area contributed by atoms with Crippen molar-refractivity contribution in [1.82, 2.24) is 15.3 Å². The van der Waals surface area contributed by atoms with Gasteiger partial charge in [0.05, 0.1) is 12.8 Å². The van der Waals surface area contributed by atoms with Crippen LogP contribution in [-0.4, -0.2) is 15.9 Å². The predicted octanol–water partition coefficient (Wildman–Crippen LogP) is 4.65. The monoisotopic (exact) mass is 379 g/mol. The fourth-order valence-electron chi connectivity index (χ4n) is 3.24. The number of carbonyl (C=O) groups excluding carboxylic acids is 1. The number of rotatable bonds is 6. The van der Waals surface area contributed by atoms with Crippen LogP contribution in [0.25, 0.3) is 10.9 Å². The summed E-state index contributed by atoms with van der Waals surface area (Å²) in [6, 6.07) is 15.4. The molecular formula is C21H18ClN3O2. The van der Waals surface area contributed by atoms with Crippen molar-refractivity contribution in [3.8, 4) is 0 Å². The van der Waals surface area contributed by atoms with Crippen LogP contribution >= 0.6 is 11.6 Å². The first-order valence-electron chi connectivity index (χ1n) is 8.67. The molecule has 0 fully saturated rings. The second-order valence-electron chi connectivity index (χ2n) is 6.32. The van der Waals surface area contributed by atoms with Gasteiger partial charge < -0.3 is 14.7 Å². The van der Waals surface area contributed by atoms with E-state index < -0.39 is 0 Å². The van der Waals surface area contributed by atoms with Crippen molar-refractivity contribution < 1.29 is 9.21 Å². The Balaban J connectivity index is 1.62. The second kappa shape index (κ2) is 7.68. The third-order valence-corrected chi connectivity index (χ3v) is 4.80. The number of nitrogens with zero attached hydrogens (tertiary/aromatic N) is 1. The summed E-state index contributed by atoms with van der Waals surface area (Å²) in [5.74, 6) is 0.527. The molecule has 0 radical (unpaired) electrons. The zero-order valence-corrected chi connectivity index (χ0v) is 15.2. The van der Waals surface area contributed by atoms with Gasteiger partial charge in [0, 0.05) is 35.6 Å². The third kappa shape index (κ3) is 3.88. The molecule has 0 aliphatic carbocycles. The zero-order valence-electron chi connectivity index (χ0n) is 14.5. The molecule has 3 aromatic heterocycles. The van der Waals surface area contributed by atoms with Crippen LogP contribution in [0.2, 0.25) is 5.15 Å². The number of H-pyrrole nitrogens is 1. The zero-order chi connectivity index (χ0) is 18.6.